The van der Waals surface area contributed by atoms with Gasteiger partial charge in [0, 0.05) is 19.2 Å². The van der Waals surface area contributed by atoms with E-state index in [0.717, 1.165) is 32.5 Å². The largest absolute Gasteiger partial charge is 0.387 e. The zero-order valence-corrected chi connectivity index (χ0v) is 9.35. The summed E-state index contributed by atoms with van der Waals surface area (Å²) < 4.78 is 0. The maximum atomic E-state index is 10.9. The Morgan fingerprint density at radius 1 is 1.57 bits per heavy atom. The van der Waals surface area contributed by atoms with Crippen LogP contribution in [0.2, 0.25) is 0 Å². The topological polar surface area (TPSA) is 40.5 Å². The molecule has 3 saturated heterocycles. The van der Waals surface area contributed by atoms with E-state index in [-0.39, 0.29) is 5.12 Å². The molecule has 3 rings (SSSR count). The van der Waals surface area contributed by atoms with Gasteiger partial charge in [-0.2, -0.15) is 0 Å². The Morgan fingerprint density at radius 3 is 2.64 bits per heavy atom. The van der Waals surface area contributed by atoms with Gasteiger partial charge in [0.1, 0.15) is 0 Å². The third kappa shape index (κ3) is 1.97. The van der Waals surface area contributed by atoms with Gasteiger partial charge in [0.05, 0.1) is 5.60 Å². The Kier molecular flexibility index (Phi) is 2.86. The van der Waals surface area contributed by atoms with E-state index < -0.39 is 5.60 Å². The van der Waals surface area contributed by atoms with E-state index in [1.807, 2.05) is 0 Å². The first-order valence-electron chi connectivity index (χ1n) is 5.18. The molecule has 0 aromatic carbocycles. The van der Waals surface area contributed by atoms with Gasteiger partial charge in [-0.1, -0.05) is 11.8 Å². The first-order chi connectivity index (χ1) is 6.60. The van der Waals surface area contributed by atoms with Crippen molar-refractivity contribution >= 4 is 16.9 Å². The SMILES string of the molecule is CC(=O)SC[C@]1(O)CN2CCC1CC2. The van der Waals surface area contributed by atoms with Gasteiger partial charge in [-0.3, -0.25) is 4.79 Å². The number of hydrogen-bond donors (Lipinski definition) is 1. The molecule has 0 unspecified atom stereocenters. The number of carbonyl (C=O) groups is 1. The van der Waals surface area contributed by atoms with E-state index in [2.05, 4.69) is 4.90 Å². The molecule has 1 atom stereocenters. The van der Waals surface area contributed by atoms with Gasteiger partial charge >= 0.3 is 0 Å². The molecule has 14 heavy (non-hydrogen) atoms. The number of aliphatic hydroxyl groups is 1. The third-order valence-electron chi connectivity index (χ3n) is 3.37. The van der Waals surface area contributed by atoms with Gasteiger partial charge in [0.15, 0.2) is 5.12 Å². The summed E-state index contributed by atoms with van der Waals surface area (Å²) in [6.45, 7) is 4.57. The van der Waals surface area contributed by atoms with Crippen LogP contribution in [0.4, 0.5) is 0 Å². The predicted octanol–water partition coefficient (Wildman–Crippen LogP) is 0.723. The van der Waals surface area contributed by atoms with Crippen molar-refractivity contribution in [3.8, 4) is 0 Å². The van der Waals surface area contributed by atoms with Crippen LogP contribution in [0.3, 0.4) is 0 Å². The summed E-state index contributed by atoms with van der Waals surface area (Å²) >= 11 is 1.26. The number of thioether (sulfide) groups is 1. The molecule has 0 amide bonds. The van der Waals surface area contributed by atoms with Crippen LogP contribution in [0.1, 0.15) is 19.8 Å². The third-order valence-corrected chi connectivity index (χ3v) is 4.42. The second kappa shape index (κ2) is 3.83. The molecule has 3 aliphatic heterocycles. The smallest absolute Gasteiger partial charge is 0.185 e. The highest BCUT2D eigenvalue weighted by Gasteiger charge is 2.45. The molecule has 3 fully saturated rings. The Morgan fingerprint density at radius 2 is 2.21 bits per heavy atom. The molecule has 2 bridgehead atoms. The summed E-state index contributed by atoms with van der Waals surface area (Å²) in [7, 11) is 0. The van der Waals surface area contributed by atoms with Crippen molar-refractivity contribution in [3.05, 3.63) is 0 Å². The highest BCUT2D eigenvalue weighted by molar-refractivity contribution is 8.13. The van der Waals surface area contributed by atoms with E-state index in [0.29, 0.717) is 11.7 Å². The first kappa shape index (κ1) is 10.5. The van der Waals surface area contributed by atoms with Crippen molar-refractivity contribution in [2.45, 2.75) is 25.4 Å². The molecule has 80 valence electrons. The summed E-state index contributed by atoms with van der Waals surface area (Å²) in [5.74, 6) is 0.989. The predicted molar refractivity (Wildman–Crippen MR) is 57.3 cm³/mol. The minimum Gasteiger partial charge on any atom is -0.387 e. The normalized spacial score (nSPS) is 41.3. The molecule has 0 aromatic heterocycles. The molecular weight excluding hydrogens is 198 g/mol. The summed E-state index contributed by atoms with van der Waals surface area (Å²) in [6, 6.07) is 0. The number of fused-ring (bicyclic) bond motifs is 3. The van der Waals surface area contributed by atoms with Gasteiger partial charge < -0.3 is 10.0 Å². The van der Waals surface area contributed by atoms with E-state index in [1.165, 1.54) is 11.8 Å². The summed E-state index contributed by atoms with van der Waals surface area (Å²) in [5, 5.41) is 10.5. The van der Waals surface area contributed by atoms with Gasteiger partial charge in [0.25, 0.3) is 0 Å². The Labute approximate surface area is 88.9 Å². The van der Waals surface area contributed by atoms with E-state index >= 15 is 0 Å². The van der Waals surface area contributed by atoms with Crippen LogP contribution in [-0.4, -0.2) is 46.1 Å². The number of carbonyl (C=O) groups excluding carboxylic acids is 1. The van der Waals surface area contributed by atoms with Crippen molar-refractivity contribution in [1.29, 1.82) is 0 Å². The summed E-state index contributed by atoms with van der Waals surface area (Å²) in [6.07, 6.45) is 2.18. The standard InChI is InChI=1S/C10H17NO2S/c1-8(12)14-7-10(13)6-11-4-2-9(10)3-5-11/h9,13H,2-7H2,1H3/t10-/m1/s1. The van der Waals surface area contributed by atoms with E-state index in [1.54, 1.807) is 6.92 Å². The minimum absolute atomic E-state index is 0.106. The quantitative estimate of drug-likeness (QED) is 0.737. The van der Waals surface area contributed by atoms with Crippen molar-refractivity contribution in [3.63, 3.8) is 0 Å². The van der Waals surface area contributed by atoms with Crippen LogP contribution in [-0.2, 0) is 4.79 Å². The van der Waals surface area contributed by atoms with Crippen molar-refractivity contribution < 1.29 is 9.90 Å². The average molecular weight is 215 g/mol. The Bertz CT molecular complexity index is 238. The number of nitrogens with zero attached hydrogens (tertiary/aromatic N) is 1. The molecule has 3 heterocycles. The molecule has 4 heteroatoms. The Hall–Kier alpha value is -0.0600. The van der Waals surface area contributed by atoms with Crippen LogP contribution >= 0.6 is 11.8 Å². The maximum Gasteiger partial charge on any atom is 0.185 e. The van der Waals surface area contributed by atoms with Crippen molar-refractivity contribution in [1.82, 2.24) is 4.90 Å². The van der Waals surface area contributed by atoms with E-state index in [4.69, 9.17) is 0 Å². The lowest BCUT2D eigenvalue weighted by Gasteiger charge is -2.50. The van der Waals surface area contributed by atoms with Gasteiger partial charge in [0.2, 0.25) is 0 Å². The van der Waals surface area contributed by atoms with Crippen LogP contribution in [0.15, 0.2) is 0 Å². The van der Waals surface area contributed by atoms with Gasteiger partial charge in [-0.15, -0.1) is 0 Å². The monoisotopic (exact) mass is 215 g/mol. The van der Waals surface area contributed by atoms with Crippen molar-refractivity contribution in [2.75, 3.05) is 25.4 Å². The van der Waals surface area contributed by atoms with E-state index in [9.17, 15) is 9.90 Å². The number of hydrogen-bond acceptors (Lipinski definition) is 4. The molecule has 0 radical (unpaired) electrons. The molecule has 0 aromatic rings. The highest BCUT2D eigenvalue weighted by atomic mass is 32.2. The fraction of sp³-hybridized carbons (Fsp3) is 0.900. The van der Waals surface area contributed by atoms with Gasteiger partial charge in [-0.05, 0) is 31.8 Å². The maximum absolute atomic E-state index is 10.9. The lowest BCUT2D eigenvalue weighted by Crippen LogP contribution is -2.60. The highest BCUT2D eigenvalue weighted by Crippen LogP contribution is 2.37. The van der Waals surface area contributed by atoms with Crippen LogP contribution in [0.5, 0.6) is 0 Å². The molecule has 1 N–H and O–H groups in total. The zero-order valence-electron chi connectivity index (χ0n) is 8.53. The lowest BCUT2D eigenvalue weighted by atomic mass is 9.76. The van der Waals surface area contributed by atoms with Gasteiger partial charge in [-0.25, -0.2) is 0 Å². The second-order valence-electron chi connectivity index (χ2n) is 4.43. The summed E-state index contributed by atoms with van der Waals surface area (Å²) in [5.41, 5.74) is -0.604. The lowest BCUT2D eigenvalue weighted by molar-refractivity contribution is -0.110. The fourth-order valence-corrected chi connectivity index (χ4v) is 3.32. The Balaban J connectivity index is 1.97. The first-order valence-corrected chi connectivity index (χ1v) is 6.17. The minimum atomic E-state index is -0.604. The molecule has 3 nitrogen and oxygen atoms in total. The van der Waals surface area contributed by atoms with Crippen LogP contribution in [0.25, 0.3) is 0 Å². The molecule has 0 saturated carbocycles. The fourth-order valence-electron chi connectivity index (χ4n) is 2.53. The number of rotatable bonds is 2. The molecule has 0 spiro atoms. The van der Waals surface area contributed by atoms with Crippen molar-refractivity contribution in [2.24, 2.45) is 5.92 Å². The molecular formula is C10H17NO2S. The molecule has 0 aliphatic carbocycles. The zero-order chi connectivity index (χ0) is 10.2. The second-order valence-corrected chi connectivity index (χ2v) is 5.59. The average Bonchev–Trinajstić information content (AvgIpc) is 2.16. The van der Waals surface area contributed by atoms with Crippen LogP contribution < -0.4 is 0 Å². The summed E-state index contributed by atoms with van der Waals surface area (Å²) in [4.78, 5) is 13.2. The molecule has 3 aliphatic rings. The van der Waals surface area contributed by atoms with Crippen LogP contribution in [0, 0.1) is 5.92 Å². The number of piperidine rings is 3.